The predicted molar refractivity (Wildman–Crippen MR) is 143 cm³/mol. The van der Waals surface area contributed by atoms with E-state index in [1.54, 1.807) is 36.4 Å². The second-order valence-corrected chi connectivity index (χ2v) is 10.7. The monoisotopic (exact) mass is 517 g/mol. The van der Waals surface area contributed by atoms with Gasteiger partial charge in [0.15, 0.2) is 4.80 Å². The number of nitrogens with one attached hydrogen (secondary N) is 1. The number of benzene rings is 4. The molecular formula is C27H23N3O4S2. The normalized spacial score (nSPS) is 12.2. The first-order valence-corrected chi connectivity index (χ1v) is 13.6. The van der Waals surface area contributed by atoms with Gasteiger partial charge in [0.1, 0.15) is 5.75 Å². The van der Waals surface area contributed by atoms with Gasteiger partial charge in [-0.05, 0) is 66.9 Å². The largest absolute Gasteiger partial charge is 0.497 e. The average Bonchev–Trinajstić information content (AvgIpc) is 3.26. The minimum absolute atomic E-state index is 0.111. The van der Waals surface area contributed by atoms with Crippen molar-refractivity contribution >= 4 is 53.9 Å². The van der Waals surface area contributed by atoms with E-state index in [0.29, 0.717) is 28.3 Å². The number of methoxy groups -OCH3 is 1. The Balaban J connectivity index is 1.42. The van der Waals surface area contributed by atoms with Crippen molar-refractivity contribution in [2.24, 2.45) is 4.99 Å². The molecule has 0 saturated heterocycles. The van der Waals surface area contributed by atoms with E-state index < -0.39 is 15.9 Å². The van der Waals surface area contributed by atoms with Gasteiger partial charge in [0, 0.05) is 23.2 Å². The van der Waals surface area contributed by atoms with Crippen molar-refractivity contribution in [2.45, 2.75) is 18.4 Å². The average molecular weight is 518 g/mol. The molecule has 0 unspecified atom stereocenters. The van der Waals surface area contributed by atoms with Crippen molar-refractivity contribution in [1.82, 2.24) is 4.57 Å². The first-order chi connectivity index (χ1) is 17.4. The highest BCUT2D eigenvalue weighted by Crippen LogP contribution is 2.27. The molecule has 0 radical (unpaired) electrons. The number of carbonyl (C=O) groups excluding carboxylic acids is 1. The van der Waals surface area contributed by atoms with E-state index in [1.165, 1.54) is 30.6 Å². The standard InChI is InChI=1S/C27H23N3O4S2/c1-3-30-24-17-10-18-6-4-5-7-23(18)25(24)35-27(30)28-26(31)19-8-11-20(12-9-19)29-36(32,33)22-15-13-21(34-2)14-16-22/h4-17,29H,3H2,1-2H3. The Morgan fingerprint density at radius 3 is 2.39 bits per heavy atom. The van der Waals surface area contributed by atoms with Crippen LogP contribution in [0.2, 0.25) is 0 Å². The molecule has 5 rings (SSSR count). The molecule has 36 heavy (non-hydrogen) atoms. The van der Waals surface area contributed by atoms with Crippen LogP contribution in [0.4, 0.5) is 5.69 Å². The molecule has 0 aliphatic rings. The van der Waals surface area contributed by atoms with Crippen LogP contribution >= 0.6 is 11.3 Å². The zero-order chi connectivity index (χ0) is 25.3. The summed E-state index contributed by atoms with van der Waals surface area (Å²) in [5.41, 5.74) is 1.75. The lowest BCUT2D eigenvalue weighted by Crippen LogP contribution is -2.16. The smallest absolute Gasteiger partial charge is 0.279 e. The van der Waals surface area contributed by atoms with Crippen LogP contribution in [0.5, 0.6) is 5.75 Å². The molecule has 0 spiro atoms. The molecule has 1 amide bonds. The molecular weight excluding hydrogens is 494 g/mol. The molecule has 0 aliphatic carbocycles. The van der Waals surface area contributed by atoms with Crippen LogP contribution in [-0.2, 0) is 16.6 Å². The quantitative estimate of drug-likeness (QED) is 0.325. The van der Waals surface area contributed by atoms with Gasteiger partial charge >= 0.3 is 0 Å². The first-order valence-electron chi connectivity index (χ1n) is 11.3. The van der Waals surface area contributed by atoms with Gasteiger partial charge in [-0.2, -0.15) is 4.99 Å². The van der Waals surface area contributed by atoms with Gasteiger partial charge in [-0.15, -0.1) is 0 Å². The number of fused-ring (bicyclic) bond motifs is 3. The third-order valence-electron chi connectivity index (χ3n) is 5.84. The van der Waals surface area contributed by atoms with Crippen molar-refractivity contribution in [3.05, 3.63) is 95.3 Å². The van der Waals surface area contributed by atoms with E-state index in [4.69, 9.17) is 4.74 Å². The molecule has 5 aromatic rings. The van der Waals surface area contributed by atoms with Crippen LogP contribution in [0.3, 0.4) is 0 Å². The van der Waals surface area contributed by atoms with Crippen LogP contribution < -0.4 is 14.3 Å². The third kappa shape index (κ3) is 4.50. The van der Waals surface area contributed by atoms with E-state index in [-0.39, 0.29) is 4.90 Å². The van der Waals surface area contributed by atoms with Crippen LogP contribution in [-0.4, -0.2) is 26.0 Å². The number of thiazole rings is 1. The molecule has 1 N–H and O–H groups in total. The Labute approximate surface area is 212 Å². The molecule has 182 valence electrons. The molecule has 7 nitrogen and oxygen atoms in total. The Hall–Kier alpha value is -3.95. The molecule has 1 aromatic heterocycles. The Morgan fingerprint density at radius 2 is 1.69 bits per heavy atom. The lowest BCUT2D eigenvalue weighted by Gasteiger charge is -2.09. The Kier molecular flexibility index (Phi) is 6.34. The summed E-state index contributed by atoms with van der Waals surface area (Å²) in [6.07, 6.45) is 0. The minimum Gasteiger partial charge on any atom is -0.497 e. The van der Waals surface area contributed by atoms with E-state index >= 15 is 0 Å². The third-order valence-corrected chi connectivity index (χ3v) is 8.37. The maximum Gasteiger partial charge on any atom is 0.279 e. The summed E-state index contributed by atoms with van der Waals surface area (Å²) in [6, 6.07) is 24.6. The van der Waals surface area contributed by atoms with Crippen molar-refractivity contribution in [1.29, 1.82) is 0 Å². The molecule has 0 saturated carbocycles. The number of hydrogen-bond donors (Lipinski definition) is 1. The first kappa shape index (κ1) is 23.8. The number of amides is 1. The summed E-state index contributed by atoms with van der Waals surface area (Å²) in [7, 11) is -2.26. The molecule has 4 aromatic carbocycles. The van der Waals surface area contributed by atoms with Crippen molar-refractivity contribution in [2.75, 3.05) is 11.8 Å². The molecule has 9 heteroatoms. The highest BCUT2D eigenvalue weighted by atomic mass is 32.2. The number of hydrogen-bond acceptors (Lipinski definition) is 5. The lowest BCUT2D eigenvalue weighted by atomic mass is 10.1. The summed E-state index contributed by atoms with van der Waals surface area (Å²) in [4.78, 5) is 18.1. The van der Waals surface area contributed by atoms with Gasteiger partial charge in [0.05, 0.1) is 22.2 Å². The highest BCUT2D eigenvalue weighted by Gasteiger charge is 2.15. The number of anilines is 1. The van der Waals surface area contributed by atoms with Gasteiger partial charge in [0.25, 0.3) is 15.9 Å². The van der Waals surface area contributed by atoms with E-state index in [1.807, 2.05) is 23.6 Å². The van der Waals surface area contributed by atoms with Gasteiger partial charge in [-0.25, -0.2) is 8.42 Å². The maximum atomic E-state index is 13.0. The number of sulfonamides is 1. The molecule has 1 heterocycles. The number of nitrogens with zero attached hydrogens (tertiary/aromatic N) is 2. The zero-order valence-corrected chi connectivity index (χ0v) is 21.3. The Morgan fingerprint density at radius 1 is 0.972 bits per heavy atom. The van der Waals surface area contributed by atoms with Crippen LogP contribution in [0.1, 0.15) is 17.3 Å². The summed E-state index contributed by atoms with van der Waals surface area (Å²) < 4.78 is 36.1. The van der Waals surface area contributed by atoms with Crippen LogP contribution in [0.15, 0.2) is 94.8 Å². The summed E-state index contributed by atoms with van der Waals surface area (Å²) in [6.45, 7) is 2.70. The summed E-state index contributed by atoms with van der Waals surface area (Å²) >= 11 is 1.49. The van der Waals surface area contributed by atoms with Crippen molar-refractivity contribution in [3.8, 4) is 5.75 Å². The number of ether oxygens (including phenoxy) is 1. The Bertz CT molecular complexity index is 1750. The number of aromatic nitrogens is 1. The second-order valence-electron chi connectivity index (χ2n) is 8.04. The summed E-state index contributed by atoms with van der Waals surface area (Å²) in [5.74, 6) is 0.175. The van der Waals surface area contributed by atoms with Crippen LogP contribution in [0.25, 0.3) is 21.0 Å². The summed E-state index contributed by atoms with van der Waals surface area (Å²) in [5, 5.41) is 2.27. The molecule has 0 fully saturated rings. The highest BCUT2D eigenvalue weighted by molar-refractivity contribution is 7.92. The number of carbonyl (C=O) groups is 1. The fourth-order valence-electron chi connectivity index (χ4n) is 3.99. The lowest BCUT2D eigenvalue weighted by molar-refractivity contribution is 0.0998. The molecule has 0 atom stereocenters. The van der Waals surface area contributed by atoms with Crippen molar-refractivity contribution in [3.63, 3.8) is 0 Å². The van der Waals surface area contributed by atoms with Gasteiger partial charge < -0.3 is 9.30 Å². The minimum atomic E-state index is -3.78. The second kappa shape index (κ2) is 9.60. The molecule has 0 bridgehead atoms. The van der Waals surface area contributed by atoms with E-state index in [9.17, 15) is 13.2 Å². The van der Waals surface area contributed by atoms with E-state index in [0.717, 1.165) is 21.0 Å². The predicted octanol–water partition coefficient (Wildman–Crippen LogP) is 5.43. The molecule has 0 aliphatic heterocycles. The fraction of sp³-hybridized carbons (Fsp3) is 0.111. The SMILES string of the molecule is CCn1c(=NC(=O)c2ccc(NS(=O)(=O)c3ccc(OC)cc3)cc2)sc2c3ccccc3ccc21. The maximum absolute atomic E-state index is 13.0. The topological polar surface area (TPSA) is 89.8 Å². The van der Waals surface area contributed by atoms with Gasteiger partial charge in [0.2, 0.25) is 0 Å². The van der Waals surface area contributed by atoms with Crippen molar-refractivity contribution < 1.29 is 17.9 Å². The van der Waals surface area contributed by atoms with Gasteiger partial charge in [-0.3, -0.25) is 9.52 Å². The number of rotatable bonds is 6. The zero-order valence-electron chi connectivity index (χ0n) is 19.6. The fourth-order valence-corrected chi connectivity index (χ4v) is 6.28. The van der Waals surface area contributed by atoms with Crippen LogP contribution in [0, 0.1) is 0 Å². The van der Waals surface area contributed by atoms with Gasteiger partial charge in [-0.1, -0.05) is 41.7 Å². The number of aryl methyl sites for hydroxylation is 1. The van der Waals surface area contributed by atoms with E-state index in [2.05, 4.69) is 34.0 Å².